The number of rotatable bonds is 8. The van der Waals surface area contributed by atoms with Gasteiger partial charge in [-0.15, -0.1) is 0 Å². The van der Waals surface area contributed by atoms with Gasteiger partial charge in [-0.3, -0.25) is 9.59 Å². The van der Waals surface area contributed by atoms with E-state index in [0.717, 1.165) is 48.9 Å². The fraction of sp³-hybridized carbons (Fsp3) is 0.375. The van der Waals surface area contributed by atoms with Crippen LogP contribution in [0.3, 0.4) is 0 Å². The number of hydrogen-bond acceptors (Lipinski definition) is 6. The van der Waals surface area contributed by atoms with Gasteiger partial charge in [0.2, 0.25) is 5.91 Å². The Morgan fingerprint density at radius 2 is 1.81 bits per heavy atom. The molecule has 0 bridgehead atoms. The number of carbonyl (C=O) groups excluding carboxylic acids is 3. The van der Waals surface area contributed by atoms with Crippen molar-refractivity contribution in [3.05, 3.63) is 59.7 Å². The molecule has 2 aromatic rings. The molecule has 0 aliphatic carbocycles. The van der Waals surface area contributed by atoms with E-state index in [2.05, 4.69) is 10.2 Å². The molecule has 1 aliphatic rings. The molecule has 0 aromatic heterocycles. The van der Waals surface area contributed by atoms with E-state index in [1.165, 1.54) is 14.0 Å². The third kappa shape index (κ3) is 6.34. The van der Waals surface area contributed by atoms with E-state index in [4.69, 9.17) is 4.74 Å². The Kier molecular flexibility index (Phi) is 8.12. The van der Waals surface area contributed by atoms with Gasteiger partial charge in [0, 0.05) is 25.8 Å². The molecular formula is C24H28N2O4S. The van der Waals surface area contributed by atoms with Crippen molar-refractivity contribution in [1.29, 1.82) is 0 Å². The predicted molar refractivity (Wildman–Crippen MR) is 125 cm³/mol. The lowest BCUT2D eigenvalue weighted by molar-refractivity contribution is -0.119. The molecule has 0 spiro atoms. The van der Waals surface area contributed by atoms with E-state index in [1.54, 1.807) is 12.1 Å². The van der Waals surface area contributed by atoms with Crippen LogP contribution in [0.2, 0.25) is 0 Å². The topological polar surface area (TPSA) is 75.7 Å². The normalized spacial score (nSPS) is 14.2. The Morgan fingerprint density at radius 3 is 2.45 bits per heavy atom. The summed E-state index contributed by atoms with van der Waals surface area (Å²) in [6.07, 6.45) is 2.72. The smallest absolute Gasteiger partial charge is 0.337 e. The SMILES string of the molecule is COC(=O)c1ccc(N2CCCC2)c(NC(=O)C(CSC(C)=O)Cc2ccccc2)c1. The maximum Gasteiger partial charge on any atom is 0.337 e. The molecule has 7 heteroatoms. The van der Waals surface area contributed by atoms with Gasteiger partial charge in [0.1, 0.15) is 0 Å². The van der Waals surface area contributed by atoms with E-state index >= 15 is 0 Å². The average molecular weight is 441 g/mol. The quantitative estimate of drug-likeness (QED) is 0.622. The molecule has 3 rings (SSSR count). The first-order valence-electron chi connectivity index (χ1n) is 10.4. The first kappa shape index (κ1) is 22.9. The van der Waals surface area contributed by atoms with Gasteiger partial charge in [0.25, 0.3) is 0 Å². The summed E-state index contributed by atoms with van der Waals surface area (Å²) in [5.41, 5.74) is 2.92. The monoisotopic (exact) mass is 440 g/mol. The van der Waals surface area contributed by atoms with E-state index in [9.17, 15) is 14.4 Å². The Bertz CT molecular complexity index is 926. The number of methoxy groups -OCH3 is 1. The fourth-order valence-corrected chi connectivity index (χ4v) is 4.40. The van der Waals surface area contributed by atoms with Crippen molar-refractivity contribution in [2.24, 2.45) is 5.92 Å². The minimum absolute atomic E-state index is 0.0173. The number of esters is 1. The first-order chi connectivity index (χ1) is 15.0. The van der Waals surface area contributed by atoms with E-state index in [-0.39, 0.29) is 16.9 Å². The van der Waals surface area contributed by atoms with E-state index < -0.39 is 5.97 Å². The largest absolute Gasteiger partial charge is 0.465 e. The predicted octanol–water partition coefficient (Wildman–Crippen LogP) is 4.15. The van der Waals surface area contributed by atoms with Gasteiger partial charge < -0.3 is 15.0 Å². The highest BCUT2D eigenvalue weighted by Crippen LogP contribution is 2.31. The second-order valence-electron chi connectivity index (χ2n) is 7.60. The van der Waals surface area contributed by atoms with Crippen molar-refractivity contribution >= 4 is 40.1 Å². The van der Waals surface area contributed by atoms with Crippen molar-refractivity contribution in [1.82, 2.24) is 0 Å². The molecule has 1 fully saturated rings. The van der Waals surface area contributed by atoms with Crippen LogP contribution in [-0.2, 0) is 20.7 Å². The molecule has 2 aromatic carbocycles. The highest BCUT2D eigenvalue weighted by Gasteiger charge is 2.24. The van der Waals surface area contributed by atoms with Crippen LogP contribution in [-0.4, -0.2) is 42.9 Å². The number of amides is 1. The minimum Gasteiger partial charge on any atom is -0.465 e. The zero-order chi connectivity index (χ0) is 22.2. The second-order valence-corrected chi connectivity index (χ2v) is 8.79. The zero-order valence-corrected chi connectivity index (χ0v) is 18.7. The lowest BCUT2D eigenvalue weighted by Gasteiger charge is -2.24. The molecule has 1 saturated heterocycles. The van der Waals surface area contributed by atoms with Crippen LogP contribution in [0.5, 0.6) is 0 Å². The molecule has 1 aliphatic heterocycles. The maximum atomic E-state index is 13.3. The van der Waals surface area contributed by atoms with Crippen LogP contribution in [0, 0.1) is 5.92 Å². The summed E-state index contributed by atoms with van der Waals surface area (Å²) in [6, 6.07) is 15.0. The Hall–Kier alpha value is -2.80. The molecule has 164 valence electrons. The minimum atomic E-state index is -0.448. The van der Waals surface area contributed by atoms with Gasteiger partial charge in [-0.25, -0.2) is 4.79 Å². The number of hydrogen-bond donors (Lipinski definition) is 1. The third-order valence-corrected chi connectivity index (χ3v) is 6.28. The van der Waals surface area contributed by atoms with Crippen molar-refractivity contribution in [2.75, 3.05) is 36.2 Å². The Balaban J connectivity index is 1.85. The molecule has 1 amide bonds. The standard InChI is InChI=1S/C24H28N2O4S/c1-17(27)31-16-20(14-18-8-4-3-5-9-18)23(28)25-21-15-19(24(29)30-2)10-11-22(21)26-12-6-7-13-26/h3-5,8-11,15,20H,6-7,12-14,16H2,1-2H3,(H,25,28). The summed E-state index contributed by atoms with van der Waals surface area (Å²) in [5.74, 6) is -0.604. The molecule has 6 nitrogen and oxygen atoms in total. The van der Waals surface area contributed by atoms with Gasteiger partial charge in [-0.1, -0.05) is 42.1 Å². The van der Waals surface area contributed by atoms with Crippen molar-refractivity contribution < 1.29 is 19.1 Å². The summed E-state index contributed by atoms with van der Waals surface area (Å²) < 4.78 is 4.85. The number of ether oxygens (including phenoxy) is 1. The van der Waals surface area contributed by atoms with Crippen LogP contribution >= 0.6 is 11.8 Å². The van der Waals surface area contributed by atoms with E-state index in [1.807, 2.05) is 36.4 Å². The van der Waals surface area contributed by atoms with Gasteiger partial charge in [-0.2, -0.15) is 0 Å². The van der Waals surface area contributed by atoms with Gasteiger partial charge >= 0.3 is 5.97 Å². The lowest BCUT2D eigenvalue weighted by atomic mass is 10.00. The van der Waals surface area contributed by atoms with Gasteiger partial charge in [-0.05, 0) is 43.0 Å². The molecular weight excluding hydrogens is 412 g/mol. The highest BCUT2D eigenvalue weighted by molar-refractivity contribution is 8.13. The van der Waals surface area contributed by atoms with Crippen molar-refractivity contribution in [3.8, 4) is 0 Å². The van der Waals surface area contributed by atoms with Crippen LogP contribution in [0.4, 0.5) is 11.4 Å². The number of carbonyl (C=O) groups is 3. The number of benzene rings is 2. The maximum absolute atomic E-state index is 13.3. The fourth-order valence-electron chi connectivity index (χ4n) is 3.69. The average Bonchev–Trinajstić information content (AvgIpc) is 3.31. The Labute approximate surface area is 187 Å². The molecule has 1 unspecified atom stereocenters. The summed E-state index contributed by atoms with van der Waals surface area (Å²) in [5, 5.41) is 3.02. The molecule has 1 atom stereocenters. The molecule has 0 saturated carbocycles. The number of nitrogens with one attached hydrogen (secondary N) is 1. The van der Waals surface area contributed by atoms with Crippen LogP contribution in [0.1, 0.15) is 35.7 Å². The summed E-state index contributed by atoms with van der Waals surface area (Å²) in [4.78, 5) is 39.1. The lowest BCUT2D eigenvalue weighted by Crippen LogP contribution is -2.28. The van der Waals surface area contributed by atoms with Crippen LogP contribution in [0.25, 0.3) is 0 Å². The molecule has 1 heterocycles. The number of nitrogens with zero attached hydrogens (tertiary/aromatic N) is 1. The van der Waals surface area contributed by atoms with Crippen LogP contribution in [0.15, 0.2) is 48.5 Å². The van der Waals surface area contributed by atoms with Gasteiger partial charge in [0.15, 0.2) is 5.12 Å². The van der Waals surface area contributed by atoms with Crippen molar-refractivity contribution in [2.45, 2.75) is 26.2 Å². The molecule has 1 N–H and O–H groups in total. The highest BCUT2D eigenvalue weighted by atomic mass is 32.2. The zero-order valence-electron chi connectivity index (χ0n) is 17.9. The summed E-state index contributed by atoms with van der Waals surface area (Å²) in [7, 11) is 1.34. The Morgan fingerprint density at radius 1 is 1.10 bits per heavy atom. The number of thioether (sulfide) groups is 1. The summed E-state index contributed by atoms with van der Waals surface area (Å²) >= 11 is 1.15. The molecule has 31 heavy (non-hydrogen) atoms. The second kappa shape index (κ2) is 11.0. The number of anilines is 2. The third-order valence-electron chi connectivity index (χ3n) is 5.31. The first-order valence-corrected chi connectivity index (χ1v) is 11.4. The molecule has 0 radical (unpaired) electrons. The van der Waals surface area contributed by atoms with Crippen molar-refractivity contribution in [3.63, 3.8) is 0 Å². The van der Waals surface area contributed by atoms with Crippen LogP contribution < -0.4 is 10.2 Å². The van der Waals surface area contributed by atoms with Gasteiger partial charge in [0.05, 0.1) is 30.0 Å². The van der Waals surface area contributed by atoms with E-state index in [0.29, 0.717) is 23.4 Å². The summed E-state index contributed by atoms with van der Waals surface area (Å²) in [6.45, 7) is 3.33.